The highest BCUT2D eigenvalue weighted by atomic mass is 35.5. The highest BCUT2D eigenvalue weighted by Gasteiger charge is 2.21. The summed E-state index contributed by atoms with van der Waals surface area (Å²) in [5.41, 5.74) is 0.526. The van der Waals surface area contributed by atoms with Gasteiger partial charge in [0, 0.05) is 37.9 Å². The van der Waals surface area contributed by atoms with E-state index >= 15 is 0 Å². The third-order valence-corrected chi connectivity index (χ3v) is 3.59. The van der Waals surface area contributed by atoms with E-state index < -0.39 is 0 Å². The van der Waals surface area contributed by atoms with E-state index in [1.54, 1.807) is 12.3 Å². The topological polar surface area (TPSA) is 19.4 Å². The molecule has 1 aliphatic heterocycles. The number of piperazine rings is 1. The van der Waals surface area contributed by atoms with Gasteiger partial charge in [-0.15, -0.1) is 11.6 Å². The Hall–Kier alpha value is -0.870. The number of hydrogen-bond donors (Lipinski definition) is 0. The van der Waals surface area contributed by atoms with E-state index in [-0.39, 0.29) is 11.7 Å². The summed E-state index contributed by atoms with van der Waals surface area (Å²) in [7, 11) is 0. The van der Waals surface area contributed by atoms with Gasteiger partial charge >= 0.3 is 0 Å². The van der Waals surface area contributed by atoms with Gasteiger partial charge < -0.3 is 4.90 Å². The van der Waals surface area contributed by atoms with Crippen molar-refractivity contribution in [3.05, 3.63) is 23.6 Å². The van der Waals surface area contributed by atoms with Crippen LogP contribution in [0.3, 0.4) is 0 Å². The Morgan fingerprint density at radius 2 is 2.06 bits per heavy atom. The molecular weight excluding hydrogens is 253 g/mol. The van der Waals surface area contributed by atoms with Gasteiger partial charge in [0.2, 0.25) is 0 Å². The van der Waals surface area contributed by atoms with Crippen LogP contribution in [0.2, 0.25) is 0 Å². The number of nitrogens with zero attached hydrogens (tertiary/aromatic N) is 3. The average Bonchev–Trinajstić information content (AvgIpc) is 2.41. The molecule has 100 valence electrons. The molecule has 0 atom stereocenters. The van der Waals surface area contributed by atoms with Gasteiger partial charge in [-0.3, -0.25) is 4.90 Å². The fourth-order valence-corrected chi connectivity index (χ4v) is 2.50. The van der Waals surface area contributed by atoms with Crippen molar-refractivity contribution >= 4 is 17.4 Å². The highest BCUT2D eigenvalue weighted by Crippen LogP contribution is 2.21. The molecule has 1 saturated heterocycles. The molecule has 0 bridgehead atoms. The van der Waals surface area contributed by atoms with Crippen molar-refractivity contribution in [3.63, 3.8) is 0 Å². The zero-order valence-electron chi connectivity index (χ0n) is 10.7. The lowest BCUT2D eigenvalue weighted by Gasteiger charge is -2.35. The molecule has 2 heterocycles. The molecule has 0 radical (unpaired) electrons. The summed E-state index contributed by atoms with van der Waals surface area (Å²) in [6.07, 6.45) is 2.79. The predicted molar refractivity (Wildman–Crippen MR) is 72.7 cm³/mol. The van der Waals surface area contributed by atoms with Gasteiger partial charge in [0.1, 0.15) is 0 Å². The molecule has 1 aromatic rings. The molecule has 0 N–H and O–H groups in total. The molecule has 18 heavy (non-hydrogen) atoms. The van der Waals surface area contributed by atoms with Gasteiger partial charge in [-0.05, 0) is 19.0 Å². The van der Waals surface area contributed by atoms with Crippen LogP contribution in [0.25, 0.3) is 0 Å². The maximum atomic E-state index is 14.1. The first-order valence-corrected chi connectivity index (χ1v) is 6.96. The Morgan fingerprint density at radius 3 is 2.67 bits per heavy atom. The first kappa shape index (κ1) is 13.6. The molecule has 0 spiro atoms. The van der Waals surface area contributed by atoms with Crippen molar-refractivity contribution in [2.45, 2.75) is 19.2 Å². The SMILES string of the molecule is CCCN1CCN(c2nccc(CCl)c2F)CC1. The summed E-state index contributed by atoms with van der Waals surface area (Å²) in [5.74, 6) is 0.373. The second-order valence-electron chi connectivity index (χ2n) is 4.57. The molecule has 1 fully saturated rings. The first-order valence-electron chi connectivity index (χ1n) is 6.43. The van der Waals surface area contributed by atoms with Gasteiger partial charge in [0.25, 0.3) is 0 Å². The van der Waals surface area contributed by atoms with Crippen LogP contribution in [0.15, 0.2) is 12.3 Å². The van der Waals surface area contributed by atoms with Gasteiger partial charge in [-0.25, -0.2) is 9.37 Å². The number of halogens is 2. The highest BCUT2D eigenvalue weighted by molar-refractivity contribution is 6.17. The Labute approximate surface area is 113 Å². The third kappa shape index (κ3) is 2.93. The smallest absolute Gasteiger partial charge is 0.170 e. The number of aromatic nitrogens is 1. The fraction of sp³-hybridized carbons (Fsp3) is 0.615. The number of alkyl halides is 1. The molecule has 0 amide bonds. The molecule has 0 unspecified atom stereocenters. The Kier molecular flexibility index (Phi) is 4.78. The molecule has 2 rings (SSSR count). The standard InChI is InChI=1S/C13H19ClFN3/c1-2-5-17-6-8-18(9-7-17)13-12(15)11(10-14)3-4-16-13/h3-4H,2,5-10H2,1H3. The quantitative estimate of drug-likeness (QED) is 0.785. The van der Waals surface area contributed by atoms with Crippen LogP contribution in [0, 0.1) is 5.82 Å². The Morgan fingerprint density at radius 1 is 1.33 bits per heavy atom. The zero-order chi connectivity index (χ0) is 13.0. The second-order valence-corrected chi connectivity index (χ2v) is 4.84. The molecule has 1 aromatic heterocycles. The number of hydrogen-bond acceptors (Lipinski definition) is 3. The minimum atomic E-state index is -0.267. The largest absolute Gasteiger partial charge is 0.352 e. The number of pyridine rings is 1. The van der Waals surface area contributed by atoms with Crippen molar-refractivity contribution in [3.8, 4) is 0 Å². The summed E-state index contributed by atoms with van der Waals surface area (Å²) in [6, 6.07) is 1.64. The van der Waals surface area contributed by atoms with Crippen molar-refractivity contribution < 1.29 is 4.39 Å². The van der Waals surface area contributed by atoms with E-state index in [0.717, 1.165) is 39.1 Å². The summed E-state index contributed by atoms with van der Waals surface area (Å²) < 4.78 is 14.1. The van der Waals surface area contributed by atoms with E-state index in [2.05, 4.69) is 16.8 Å². The number of anilines is 1. The summed E-state index contributed by atoms with van der Waals surface area (Å²) in [5, 5.41) is 0. The number of rotatable bonds is 4. The molecule has 0 aliphatic carbocycles. The monoisotopic (exact) mass is 271 g/mol. The Bertz CT molecular complexity index is 392. The van der Waals surface area contributed by atoms with Gasteiger partial charge in [-0.1, -0.05) is 6.92 Å². The molecule has 3 nitrogen and oxygen atoms in total. The normalized spacial score (nSPS) is 17.2. The lowest BCUT2D eigenvalue weighted by atomic mass is 10.2. The maximum absolute atomic E-state index is 14.1. The Balaban J connectivity index is 2.05. The van der Waals surface area contributed by atoms with E-state index in [1.165, 1.54) is 0 Å². The predicted octanol–water partition coefficient (Wildman–Crippen LogP) is 2.49. The van der Waals surface area contributed by atoms with E-state index in [4.69, 9.17) is 11.6 Å². The van der Waals surface area contributed by atoms with Crippen molar-refractivity contribution in [2.75, 3.05) is 37.6 Å². The van der Waals surface area contributed by atoms with Crippen LogP contribution >= 0.6 is 11.6 Å². The third-order valence-electron chi connectivity index (χ3n) is 3.31. The van der Waals surface area contributed by atoms with E-state index in [0.29, 0.717) is 11.4 Å². The molecule has 0 saturated carbocycles. The van der Waals surface area contributed by atoms with Crippen LogP contribution in [0.5, 0.6) is 0 Å². The molecular formula is C13H19ClFN3. The van der Waals surface area contributed by atoms with Crippen LogP contribution in [-0.2, 0) is 5.88 Å². The van der Waals surface area contributed by atoms with Gasteiger partial charge in [0.05, 0.1) is 5.88 Å². The van der Waals surface area contributed by atoms with E-state index in [1.807, 2.05) is 4.90 Å². The van der Waals surface area contributed by atoms with Crippen molar-refractivity contribution in [1.29, 1.82) is 0 Å². The van der Waals surface area contributed by atoms with Crippen molar-refractivity contribution in [2.24, 2.45) is 0 Å². The minimum absolute atomic E-state index is 0.192. The summed E-state index contributed by atoms with van der Waals surface area (Å²) >= 11 is 5.71. The van der Waals surface area contributed by atoms with Crippen LogP contribution in [0.1, 0.15) is 18.9 Å². The first-order chi connectivity index (χ1) is 8.76. The van der Waals surface area contributed by atoms with Crippen molar-refractivity contribution in [1.82, 2.24) is 9.88 Å². The van der Waals surface area contributed by atoms with Gasteiger partial charge in [-0.2, -0.15) is 0 Å². The second kappa shape index (κ2) is 6.34. The average molecular weight is 272 g/mol. The lowest BCUT2D eigenvalue weighted by molar-refractivity contribution is 0.257. The fourth-order valence-electron chi connectivity index (χ4n) is 2.29. The molecule has 1 aliphatic rings. The molecule has 5 heteroatoms. The zero-order valence-corrected chi connectivity index (χ0v) is 11.5. The van der Waals surface area contributed by atoms with E-state index in [9.17, 15) is 4.39 Å². The van der Waals surface area contributed by atoms with Crippen LogP contribution < -0.4 is 4.90 Å². The van der Waals surface area contributed by atoms with Crippen LogP contribution in [0.4, 0.5) is 10.2 Å². The summed E-state index contributed by atoms with van der Waals surface area (Å²) in [4.78, 5) is 8.57. The summed E-state index contributed by atoms with van der Waals surface area (Å²) in [6.45, 7) is 6.90. The maximum Gasteiger partial charge on any atom is 0.170 e. The van der Waals surface area contributed by atoms with Crippen LogP contribution in [-0.4, -0.2) is 42.6 Å². The minimum Gasteiger partial charge on any atom is -0.352 e. The molecule has 0 aromatic carbocycles. The lowest BCUT2D eigenvalue weighted by Crippen LogP contribution is -2.47. The van der Waals surface area contributed by atoms with Gasteiger partial charge in [0.15, 0.2) is 11.6 Å².